The Morgan fingerprint density at radius 1 is 1.30 bits per heavy atom. The minimum absolute atomic E-state index is 0.0383. The summed E-state index contributed by atoms with van der Waals surface area (Å²) in [6.45, 7) is 1.85. The van der Waals surface area contributed by atoms with Crippen LogP contribution in [-0.2, 0) is 0 Å². The van der Waals surface area contributed by atoms with E-state index >= 15 is 0 Å². The van der Waals surface area contributed by atoms with Gasteiger partial charge in [-0.3, -0.25) is 4.79 Å². The van der Waals surface area contributed by atoms with Gasteiger partial charge in [-0.25, -0.2) is 4.39 Å². The number of benzene rings is 1. The fraction of sp³-hybridized carbons (Fsp3) is 0.588. The molecule has 1 saturated heterocycles. The summed E-state index contributed by atoms with van der Waals surface area (Å²) in [6, 6.07) is 4.21. The summed E-state index contributed by atoms with van der Waals surface area (Å²) in [5, 5.41) is 16.0. The molecule has 23 heavy (non-hydrogen) atoms. The summed E-state index contributed by atoms with van der Waals surface area (Å²) in [5.41, 5.74) is -0.0898. The number of hydrogen-bond donors (Lipinski definition) is 3. The highest BCUT2D eigenvalue weighted by molar-refractivity contribution is 6.33. The zero-order valence-electron chi connectivity index (χ0n) is 12.9. The van der Waals surface area contributed by atoms with Crippen molar-refractivity contribution in [1.29, 1.82) is 0 Å². The van der Waals surface area contributed by atoms with E-state index in [1.165, 1.54) is 18.2 Å². The standard InChI is InChI=1S/C17H22ClFN2O2/c18-13-2-1-3-14(19)15(13)17(23)21-16(11-8-12(22)9-11)10-4-6-20-7-5-10/h1-3,10-12,16,20,22H,4-9H2,(H,21,23)/t11?,12?,16-/m0/s1. The molecule has 3 N–H and O–H groups in total. The minimum atomic E-state index is -0.604. The molecule has 126 valence electrons. The van der Waals surface area contributed by atoms with Crippen molar-refractivity contribution in [1.82, 2.24) is 10.6 Å². The molecule has 0 radical (unpaired) electrons. The van der Waals surface area contributed by atoms with Crippen LogP contribution < -0.4 is 10.6 Å². The zero-order chi connectivity index (χ0) is 16.4. The van der Waals surface area contributed by atoms with Crippen molar-refractivity contribution in [3.05, 3.63) is 34.6 Å². The fourth-order valence-corrected chi connectivity index (χ4v) is 3.93. The van der Waals surface area contributed by atoms with Crippen molar-refractivity contribution in [2.24, 2.45) is 11.8 Å². The molecule has 1 atom stereocenters. The molecule has 1 aliphatic carbocycles. The first kappa shape index (κ1) is 16.7. The number of halogens is 2. The van der Waals surface area contributed by atoms with Crippen molar-refractivity contribution >= 4 is 17.5 Å². The summed E-state index contributed by atoms with van der Waals surface area (Å²) in [6.07, 6.45) is 3.06. The smallest absolute Gasteiger partial charge is 0.256 e. The molecular weight excluding hydrogens is 319 g/mol. The Morgan fingerprint density at radius 2 is 2.00 bits per heavy atom. The number of amides is 1. The Bertz CT molecular complexity index is 551. The molecular formula is C17H22ClFN2O2. The first-order valence-electron chi connectivity index (χ1n) is 8.20. The van der Waals surface area contributed by atoms with Gasteiger partial charge in [-0.1, -0.05) is 17.7 Å². The third-order valence-electron chi connectivity index (χ3n) is 5.04. The van der Waals surface area contributed by atoms with Gasteiger partial charge < -0.3 is 15.7 Å². The van der Waals surface area contributed by atoms with Gasteiger partial charge in [0, 0.05) is 6.04 Å². The molecule has 1 aromatic carbocycles. The molecule has 1 aliphatic heterocycles. The van der Waals surface area contributed by atoms with E-state index in [0.29, 0.717) is 18.8 Å². The third-order valence-corrected chi connectivity index (χ3v) is 5.35. The number of nitrogens with one attached hydrogen (secondary N) is 2. The van der Waals surface area contributed by atoms with Gasteiger partial charge in [-0.05, 0) is 62.7 Å². The highest BCUT2D eigenvalue weighted by atomic mass is 35.5. The quantitative estimate of drug-likeness (QED) is 0.788. The van der Waals surface area contributed by atoms with Crippen molar-refractivity contribution in [2.45, 2.75) is 37.8 Å². The second kappa shape index (κ2) is 7.16. The average molecular weight is 341 g/mol. The highest BCUT2D eigenvalue weighted by Gasteiger charge is 2.39. The molecule has 4 nitrogen and oxygen atoms in total. The van der Waals surface area contributed by atoms with Gasteiger partial charge in [0.05, 0.1) is 16.7 Å². The number of rotatable bonds is 4. The van der Waals surface area contributed by atoms with Gasteiger partial charge in [0.2, 0.25) is 0 Å². The van der Waals surface area contributed by atoms with E-state index in [1.54, 1.807) is 0 Å². The largest absolute Gasteiger partial charge is 0.393 e. The lowest BCUT2D eigenvalue weighted by Crippen LogP contribution is -2.53. The van der Waals surface area contributed by atoms with Gasteiger partial charge in [0.1, 0.15) is 5.82 Å². The predicted octanol–water partition coefficient (Wildman–Crippen LogP) is 2.35. The molecule has 0 bridgehead atoms. The Balaban J connectivity index is 1.76. The second-order valence-corrected chi connectivity index (χ2v) is 6.98. The first-order chi connectivity index (χ1) is 11.1. The Labute approximate surface area is 140 Å². The molecule has 1 aromatic rings. The van der Waals surface area contributed by atoms with Crippen LogP contribution in [0.2, 0.25) is 5.02 Å². The van der Waals surface area contributed by atoms with E-state index in [9.17, 15) is 14.3 Å². The molecule has 2 aliphatic rings. The Kier molecular flexibility index (Phi) is 5.19. The van der Waals surface area contributed by atoms with Crippen LogP contribution >= 0.6 is 11.6 Å². The van der Waals surface area contributed by atoms with E-state index in [1.807, 2.05) is 0 Å². The minimum Gasteiger partial charge on any atom is -0.393 e. The van der Waals surface area contributed by atoms with Crippen molar-refractivity contribution < 1.29 is 14.3 Å². The maximum Gasteiger partial charge on any atom is 0.256 e. The molecule has 6 heteroatoms. The van der Waals surface area contributed by atoms with Crippen molar-refractivity contribution in [2.75, 3.05) is 13.1 Å². The van der Waals surface area contributed by atoms with Crippen LogP contribution in [0.3, 0.4) is 0 Å². The molecule has 3 rings (SSSR count). The van der Waals surface area contributed by atoms with Crippen LogP contribution in [-0.4, -0.2) is 36.2 Å². The van der Waals surface area contributed by atoms with E-state index in [-0.39, 0.29) is 28.6 Å². The summed E-state index contributed by atoms with van der Waals surface area (Å²) in [7, 11) is 0. The van der Waals surface area contributed by atoms with Gasteiger partial charge >= 0.3 is 0 Å². The monoisotopic (exact) mass is 340 g/mol. The first-order valence-corrected chi connectivity index (χ1v) is 8.57. The van der Waals surface area contributed by atoms with E-state index < -0.39 is 11.7 Å². The van der Waals surface area contributed by atoms with Crippen molar-refractivity contribution in [3.8, 4) is 0 Å². The SMILES string of the molecule is O=C(N[C@@H](C1CCNCC1)C1CC(O)C1)c1c(F)cccc1Cl. The molecule has 1 amide bonds. The molecule has 0 aromatic heterocycles. The van der Waals surface area contributed by atoms with Crippen LogP contribution in [0.25, 0.3) is 0 Å². The summed E-state index contributed by atoms with van der Waals surface area (Å²) < 4.78 is 14.0. The lowest BCUT2D eigenvalue weighted by Gasteiger charge is -2.43. The molecule has 1 heterocycles. The number of hydrogen-bond acceptors (Lipinski definition) is 3. The molecule has 0 spiro atoms. The summed E-state index contributed by atoms with van der Waals surface area (Å²) in [4.78, 5) is 12.6. The molecule has 2 fully saturated rings. The van der Waals surface area contributed by atoms with Crippen LogP contribution in [0, 0.1) is 17.7 Å². The summed E-state index contributed by atoms with van der Waals surface area (Å²) in [5.74, 6) is -0.462. The number of carbonyl (C=O) groups is 1. The second-order valence-electron chi connectivity index (χ2n) is 6.57. The van der Waals surface area contributed by atoms with Crippen LogP contribution in [0.15, 0.2) is 18.2 Å². The highest BCUT2D eigenvalue weighted by Crippen LogP contribution is 2.36. The topological polar surface area (TPSA) is 61.4 Å². The Hall–Kier alpha value is -1.17. The third kappa shape index (κ3) is 3.67. The van der Waals surface area contributed by atoms with Crippen LogP contribution in [0.1, 0.15) is 36.0 Å². The van der Waals surface area contributed by atoms with E-state index in [0.717, 1.165) is 25.9 Å². The molecule has 0 unspecified atom stereocenters. The van der Waals surface area contributed by atoms with Crippen molar-refractivity contribution in [3.63, 3.8) is 0 Å². The lowest BCUT2D eigenvalue weighted by molar-refractivity contribution is 0.00914. The number of aliphatic hydroxyl groups excluding tert-OH is 1. The predicted molar refractivity (Wildman–Crippen MR) is 87.0 cm³/mol. The van der Waals surface area contributed by atoms with Crippen LogP contribution in [0.5, 0.6) is 0 Å². The number of carbonyl (C=O) groups excluding carboxylic acids is 1. The van der Waals surface area contributed by atoms with Gasteiger partial charge in [-0.15, -0.1) is 0 Å². The summed E-state index contributed by atoms with van der Waals surface area (Å²) >= 11 is 5.99. The van der Waals surface area contributed by atoms with E-state index in [2.05, 4.69) is 10.6 Å². The van der Waals surface area contributed by atoms with Gasteiger partial charge in [-0.2, -0.15) is 0 Å². The maximum atomic E-state index is 14.0. The number of piperidine rings is 1. The van der Waals surface area contributed by atoms with Gasteiger partial charge in [0.15, 0.2) is 0 Å². The molecule has 1 saturated carbocycles. The Morgan fingerprint density at radius 3 is 2.61 bits per heavy atom. The fourth-order valence-electron chi connectivity index (χ4n) is 3.69. The maximum absolute atomic E-state index is 14.0. The normalized spacial score (nSPS) is 26.4. The number of aliphatic hydroxyl groups is 1. The zero-order valence-corrected chi connectivity index (χ0v) is 13.7. The van der Waals surface area contributed by atoms with Crippen LogP contribution in [0.4, 0.5) is 4.39 Å². The van der Waals surface area contributed by atoms with Gasteiger partial charge in [0.25, 0.3) is 5.91 Å². The van der Waals surface area contributed by atoms with E-state index in [4.69, 9.17) is 11.6 Å². The average Bonchev–Trinajstić information content (AvgIpc) is 2.50. The lowest BCUT2D eigenvalue weighted by atomic mass is 9.71.